The number of anilines is 2. The Kier molecular flexibility index (Phi) is 6.59. The third-order valence-electron chi connectivity index (χ3n) is 4.37. The Morgan fingerprint density at radius 2 is 1.90 bits per heavy atom. The van der Waals surface area contributed by atoms with Crippen LogP contribution in [-0.4, -0.2) is 27.5 Å². The molecule has 0 aliphatic carbocycles. The van der Waals surface area contributed by atoms with Crippen molar-refractivity contribution in [1.82, 2.24) is 0 Å². The summed E-state index contributed by atoms with van der Waals surface area (Å²) in [6, 6.07) is 11.9. The lowest BCUT2D eigenvalue weighted by atomic mass is 10.2. The molecule has 0 saturated carbocycles. The third kappa shape index (κ3) is 5.19. The highest BCUT2D eigenvalue weighted by Crippen LogP contribution is 2.33. The molecule has 4 N–H and O–H groups in total. The molecule has 164 valence electrons. The summed E-state index contributed by atoms with van der Waals surface area (Å²) in [5, 5.41) is 2.63. The Balaban J connectivity index is 1.91. The molecule has 3 aromatic rings. The maximum atomic E-state index is 13.0. The first kappa shape index (κ1) is 22.7. The van der Waals surface area contributed by atoms with Crippen molar-refractivity contribution < 1.29 is 22.4 Å². The zero-order valence-corrected chi connectivity index (χ0v) is 18.7. The smallest absolute Gasteiger partial charge is 0.263 e. The summed E-state index contributed by atoms with van der Waals surface area (Å²) in [5.74, 6) is 1.16. The number of amides is 1. The van der Waals surface area contributed by atoms with E-state index in [0.717, 1.165) is 5.76 Å². The van der Waals surface area contributed by atoms with Gasteiger partial charge >= 0.3 is 0 Å². The maximum Gasteiger partial charge on any atom is 0.263 e. The van der Waals surface area contributed by atoms with Crippen LogP contribution in [0.15, 0.2) is 57.8 Å². The highest BCUT2D eigenvalue weighted by Gasteiger charge is 2.21. The van der Waals surface area contributed by atoms with Gasteiger partial charge < -0.3 is 20.2 Å². The second kappa shape index (κ2) is 9.01. The number of halogens is 1. The van der Waals surface area contributed by atoms with E-state index in [4.69, 9.17) is 26.5 Å². The van der Waals surface area contributed by atoms with E-state index in [0.29, 0.717) is 17.0 Å². The molecule has 0 radical (unpaired) electrons. The Labute approximate surface area is 185 Å². The zero-order chi connectivity index (χ0) is 22.8. The molecule has 0 aliphatic rings. The second-order valence-corrected chi connectivity index (χ2v) is 8.91. The highest BCUT2D eigenvalue weighted by atomic mass is 35.5. The van der Waals surface area contributed by atoms with E-state index in [1.54, 1.807) is 24.3 Å². The number of furan rings is 1. The van der Waals surface area contributed by atoms with Gasteiger partial charge in [-0.2, -0.15) is 0 Å². The van der Waals surface area contributed by atoms with Crippen LogP contribution in [0.5, 0.6) is 5.75 Å². The van der Waals surface area contributed by atoms with Crippen LogP contribution in [-0.2, 0) is 14.8 Å². The van der Waals surface area contributed by atoms with Gasteiger partial charge in [-0.1, -0.05) is 11.6 Å². The van der Waals surface area contributed by atoms with Gasteiger partial charge in [0.05, 0.1) is 23.9 Å². The van der Waals surface area contributed by atoms with Gasteiger partial charge in [0.1, 0.15) is 22.2 Å². The van der Waals surface area contributed by atoms with Crippen molar-refractivity contribution in [1.29, 1.82) is 0 Å². The summed E-state index contributed by atoms with van der Waals surface area (Å²) in [6.45, 7) is 3.35. The Bertz CT molecular complexity index is 1220. The van der Waals surface area contributed by atoms with E-state index in [1.807, 2.05) is 6.92 Å². The van der Waals surface area contributed by atoms with Crippen molar-refractivity contribution in [2.24, 2.45) is 5.73 Å². The summed E-state index contributed by atoms with van der Waals surface area (Å²) in [6.07, 6.45) is 0. The van der Waals surface area contributed by atoms with Crippen molar-refractivity contribution in [2.45, 2.75) is 24.8 Å². The number of hydrogen-bond acceptors (Lipinski definition) is 6. The number of nitrogens with one attached hydrogen (secondary N) is 2. The van der Waals surface area contributed by atoms with Crippen LogP contribution in [0.1, 0.15) is 12.7 Å². The Hall–Kier alpha value is -3.01. The SMILES string of the molecule is COc1ccc(NC(=O)[C@@H](C)N)cc1NS(=O)(=O)c1ccc(-c2ccc(C)o2)cc1Cl. The number of carbonyl (C=O) groups excluding carboxylic acids is 1. The van der Waals surface area contributed by atoms with Crippen molar-refractivity contribution in [2.75, 3.05) is 17.1 Å². The summed E-state index contributed by atoms with van der Waals surface area (Å²) in [4.78, 5) is 11.7. The van der Waals surface area contributed by atoms with Crippen LogP contribution in [0.3, 0.4) is 0 Å². The average molecular weight is 464 g/mol. The van der Waals surface area contributed by atoms with Gasteiger partial charge in [-0.15, -0.1) is 0 Å². The topological polar surface area (TPSA) is 124 Å². The van der Waals surface area contributed by atoms with E-state index in [2.05, 4.69) is 10.0 Å². The average Bonchev–Trinajstić information content (AvgIpc) is 3.14. The lowest BCUT2D eigenvalue weighted by Crippen LogP contribution is -2.32. The highest BCUT2D eigenvalue weighted by molar-refractivity contribution is 7.92. The van der Waals surface area contributed by atoms with Gasteiger partial charge in [-0.3, -0.25) is 9.52 Å². The summed E-state index contributed by atoms with van der Waals surface area (Å²) in [5.41, 5.74) is 6.69. The molecule has 0 bridgehead atoms. The molecule has 1 aromatic heterocycles. The number of nitrogens with two attached hydrogens (primary N) is 1. The van der Waals surface area contributed by atoms with E-state index in [1.165, 1.54) is 38.3 Å². The number of rotatable bonds is 7. The van der Waals surface area contributed by atoms with Crippen molar-refractivity contribution in [3.63, 3.8) is 0 Å². The van der Waals surface area contributed by atoms with Crippen molar-refractivity contribution >= 4 is 38.9 Å². The molecule has 2 aromatic carbocycles. The number of methoxy groups -OCH3 is 1. The predicted octanol–water partition coefficient (Wildman–Crippen LogP) is 4.00. The monoisotopic (exact) mass is 463 g/mol. The number of ether oxygens (including phenoxy) is 1. The number of aryl methyl sites for hydroxylation is 1. The van der Waals surface area contributed by atoms with Gasteiger partial charge in [-0.25, -0.2) is 8.42 Å². The fourth-order valence-electron chi connectivity index (χ4n) is 2.78. The van der Waals surface area contributed by atoms with Crippen LogP contribution in [0, 0.1) is 6.92 Å². The van der Waals surface area contributed by atoms with Crippen LogP contribution in [0.25, 0.3) is 11.3 Å². The first-order chi connectivity index (χ1) is 14.6. The van der Waals surface area contributed by atoms with Gasteiger partial charge in [0.25, 0.3) is 10.0 Å². The summed E-state index contributed by atoms with van der Waals surface area (Å²) < 4.78 is 39.3. The van der Waals surface area contributed by atoms with E-state index in [-0.39, 0.29) is 21.4 Å². The maximum absolute atomic E-state index is 13.0. The number of carbonyl (C=O) groups is 1. The quantitative estimate of drug-likeness (QED) is 0.486. The molecule has 0 unspecified atom stereocenters. The zero-order valence-electron chi connectivity index (χ0n) is 17.1. The normalized spacial score (nSPS) is 12.3. The molecule has 0 fully saturated rings. The fraction of sp³-hybridized carbons (Fsp3) is 0.190. The molecule has 1 atom stereocenters. The van der Waals surface area contributed by atoms with E-state index < -0.39 is 22.0 Å². The molecule has 31 heavy (non-hydrogen) atoms. The third-order valence-corrected chi connectivity index (χ3v) is 6.22. The Morgan fingerprint density at radius 1 is 1.16 bits per heavy atom. The molecule has 0 aliphatic heterocycles. The number of hydrogen-bond donors (Lipinski definition) is 3. The molecule has 8 nitrogen and oxygen atoms in total. The molecular weight excluding hydrogens is 442 g/mol. The van der Waals surface area contributed by atoms with Crippen LogP contribution in [0.4, 0.5) is 11.4 Å². The van der Waals surface area contributed by atoms with Gasteiger partial charge in [0.2, 0.25) is 5.91 Å². The predicted molar refractivity (Wildman–Crippen MR) is 120 cm³/mol. The molecule has 0 saturated heterocycles. The molecule has 10 heteroatoms. The van der Waals surface area contributed by atoms with Gasteiger partial charge in [0.15, 0.2) is 0 Å². The first-order valence-corrected chi connectivity index (χ1v) is 11.1. The van der Waals surface area contributed by atoms with E-state index >= 15 is 0 Å². The standard InChI is InChI=1S/C21H22ClN3O5S/c1-12-4-7-18(30-12)14-5-9-20(16(22)10-14)31(27,28)25-17-11-15(6-8-19(17)29-3)24-21(26)13(2)23/h4-11,13,25H,23H2,1-3H3,(H,24,26)/t13-/m1/s1. The van der Waals surface area contributed by atoms with E-state index in [9.17, 15) is 13.2 Å². The van der Waals surface area contributed by atoms with Gasteiger partial charge in [-0.05, 0) is 62.4 Å². The molecular formula is C21H22ClN3O5S. The van der Waals surface area contributed by atoms with Crippen LogP contribution < -0.4 is 20.5 Å². The first-order valence-electron chi connectivity index (χ1n) is 9.24. The summed E-state index contributed by atoms with van der Waals surface area (Å²) >= 11 is 6.28. The minimum Gasteiger partial charge on any atom is -0.495 e. The summed E-state index contributed by atoms with van der Waals surface area (Å²) in [7, 11) is -2.66. The number of sulfonamides is 1. The number of benzene rings is 2. The largest absolute Gasteiger partial charge is 0.495 e. The fourth-order valence-corrected chi connectivity index (χ4v) is 4.39. The minimum absolute atomic E-state index is 0.0273. The molecule has 3 rings (SSSR count). The molecule has 1 amide bonds. The molecule has 0 spiro atoms. The Morgan fingerprint density at radius 3 is 2.48 bits per heavy atom. The van der Waals surface area contributed by atoms with Gasteiger partial charge in [0, 0.05) is 11.3 Å². The molecule has 1 heterocycles. The van der Waals surface area contributed by atoms with Crippen molar-refractivity contribution in [3.8, 4) is 17.1 Å². The minimum atomic E-state index is -4.06. The van der Waals surface area contributed by atoms with Crippen LogP contribution in [0.2, 0.25) is 5.02 Å². The lowest BCUT2D eigenvalue weighted by Gasteiger charge is -2.15. The lowest BCUT2D eigenvalue weighted by molar-refractivity contribution is -0.117. The van der Waals surface area contributed by atoms with Crippen LogP contribution >= 0.6 is 11.6 Å². The van der Waals surface area contributed by atoms with Crippen molar-refractivity contribution in [3.05, 3.63) is 59.3 Å². The second-order valence-electron chi connectivity index (χ2n) is 6.85.